The van der Waals surface area contributed by atoms with E-state index in [-0.39, 0.29) is 19.0 Å². The van der Waals surface area contributed by atoms with Gasteiger partial charge in [0.15, 0.2) is 10.4 Å². The molecule has 0 N–H and O–H groups in total. The van der Waals surface area contributed by atoms with Gasteiger partial charge in [0.25, 0.3) is 5.91 Å². The molecule has 1 aliphatic rings. The third kappa shape index (κ3) is 3.55. The van der Waals surface area contributed by atoms with Gasteiger partial charge in [-0.25, -0.2) is 8.42 Å². The van der Waals surface area contributed by atoms with Crippen molar-refractivity contribution in [3.63, 3.8) is 0 Å². The van der Waals surface area contributed by atoms with Gasteiger partial charge in [-0.3, -0.25) is 4.79 Å². The molecule has 0 bridgehead atoms. The van der Waals surface area contributed by atoms with Crippen LogP contribution in [0.5, 0.6) is 0 Å². The summed E-state index contributed by atoms with van der Waals surface area (Å²) in [6, 6.07) is 3.46. The van der Waals surface area contributed by atoms with Crippen molar-refractivity contribution >= 4 is 43.2 Å². The zero-order valence-corrected chi connectivity index (χ0v) is 17.4. The molecule has 6 nitrogen and oxygen atoms in total. The number of piperazine rings is 1. The number of amides is 1. The van der Waals surface area contributed by atoms with Crippen molar-refractivity contribution in [2.24, 2.45) is 0 Å². The van der Waals surface area contributed by atoms with Gasteiger partial charge in [-0.2, -0.15) is 4.31 Å². The molecule has 2 aromatic rings. The summed E-state index contributed by atoms with van der Waals surface area (Å²) in [7, 11) is -3.51. The van der Waals surface area contributed by atoms with Crippen molar-refractivity contribution < 1.29 is 17.6 Å². The first kappa shape index (κ1) is 18.6. The van der Waals surface area contributed by atoms with Crippen molar-refractivity contribution in [2.45, 2.75) is 25.7 Å². The molecule has 1 amide bonds. The minimum absolute atomic E-state index is 0.206. The highest BCUT2D eigenvalue weighted by molar-refractivity contribution is 9.10. The largest absolute Gasteiger partial charge is 0.444 e. The highest BCUT2D eigenvalue weighted by Gasteiger charge is 2.33. The number of thiophene rings is 1. The van der Waals surface area contributed by atoms with Crippen molar-refractivity contribution in [1.29, 1.82) is 0 Å². The molecule has 2 aromatic heterocycles. The molecule has 0 aliphatic carbocycles. The minimum atomic E-state index is -3.51. The average Bonchev–Trinajstić information content (AvgIpc) is 3.08. The first-order chi connectivity index (χ1) is 11.7. The van der Waals surface area contributed by atoms with Crippen LogP contribution in [0, 0.1) is 20.8 Å². The van der Waals surface area contributed by atoms with E-state index in [0.717, 1.165) is 15.3 Å². The number of carbonyl (C=O) groups excluding carboxylic acids is 1. The predicted molar refractivity (Wildman–Crippen MR) is 99.6 cm³/mol. The van der Waals surface area contributed by atoms with Crippen LogP contribution in [-0.2, 0) is 10.0 Å². The van der Waals surface area contributed by atoms with Gasteiger partial charge in [0.1, 0.15) is 0 Å². The zero-order valence-electron chi connectivity index (χ0n) is 14.2. The maximum Gasteiger partial charge on any atom is 0.289 e. The molecule has 1 saturated heterocycles. The Morgan fingerprint density at radius 3 is 2.28 bits per heavy atom. The number of aryl methyl sites for hydroxylation is 3. The van der Waals surface area contributed by atoms with Gasteiger partial charge in [0.2, 0.25) is 10.0 Å². The summed E-state index contributed by atoms with van der Waals surface area (Å²) in [6.45, 7) is 6.78. The molecular formula is C16H19BrN2O4S2. The maximum atomic E-state index is 12.8. The average molecular weight is 447 g/mol. The van der Waals surface area contributed by atoms with Crippen LogP contribution in [0.4, 0.5) is 0 Å². The summed E-state index contributed by atoms with van der Waals surface area (Å²) in [6.07, 6.45) is 0. The summed E-state index contributed by atoms with van der Waals surface area (Å²) >= 11 is 4.70. The Labute approximate surface area is 159 Å². The molecule has 1 aliphatic heterocycles. The quantitative estimate of drug-likeness (QED) is 0.725. The number of hydrogen-bond donors (Lipinski definition) is 0. The molecule has 136 valence electrons. The molecular weight excluding hydrogens is 428 g/mol. The highest BCUT2D eigenvalue weighted by atomic mass is 79.9. The number of hydrogen-bond acceptors (Lipinski definition) is 5. The molecule has 9 heteroatoms. The number of sulfonamides is 1. The van der Waals surface area contributed by atoms with E-state index >= 15 is 0 Å². The third-order valence-electron chi connectivity index (χ3n) is 4.22. The molecule has 0 spiro atoms. The summed E-state index contributed by atoms with van der Waals surface area (Å²) < 4.78 is 33.0. The Balaban J connectivity index is 1.72. The van der Waals surface area contributed by atoms with Crippen molar-refractivity contribution in [3.05, 3.63) is 37.9 Å². The van der Waals surface area contributed by atoms with Gasteiger partial charge in [0.05, 0.1) is 4.90 Å². The Kier molecular flexibility index (Phi) is 5.11. The van der Waals surface area contributed by atoms with E-state index in [1.54, 1.807) is 17.0 Å². The topological polar surface area (TPSA) is 70.8 Å². The lowest BCUT2D eigenvalue weighted by Crippen LogP contribution is -2.50. The van der Waals surface area contributed by atoms with Crippen molar-refractivity contribution in [3.8, 4) is 0 Å². The second-order valence-electron chi connectivity index (χ2n) is 6.04. The zero-order chi connectivity index (χ0) is 18.4. The van der Waals surface area contributed by atoms with Crippen LogP contribution in [0.25, 0.3) is 0 Å². The molecule has 3 heterocycles. The van der Waals surface area contributed by atoms with E-state index in [9.17, 15) is 13.2 Å². The normalized spacial score (nSPS) is 16.4. The van der Waals surface area contributed by atoms with Gasteiger partial charge >= 0.3 is 0 Å². The van der Waals surface area contributed by atoms with E-state index in [4.69, 9.17) is 4.42 Å². The summed E-state index contributed by atoms with van der Waals surface area (Å²) in [5, 5.41) is 0. The number of furan rings is 1. The molecule has 0 unspecified atom stereocenters. The summed E-state index contributed by atoms with van der Waals surface area (Å²) in [5.74, 6) is 0.0929. The molecule has 0 aromatic carbocycles. The maximum absolute atomic E-state index is 12.8. The lowest BCUT2D eigenvalue weighted by Gasteiger charge is -2.33. The SMILES string of the molecule is Cc1cc(S(=O)(=O)N2CCN(C(=O)c3oc(Br)cc3C)CC2)c(C)s1. The van der Waals surface area contributed by atoms with E-state index < -0.39 is 10.0 Å². The fourth-order valence-electron chi connectivity index (χ4n) is 2.93. The summed E-state index contributed by atoms with van der Waals surface area (Å²) in [5.41, 5.74) is 0.760. The van der Waals surface area contributed by atoms with E-state index in [1.165, 1.54) is 15.6 Å². The molecule has 1 fully saturated rings. The Morgan fingerprint density at radius 1 is 1.16 bits per heavy atom. The third-order valence-corrected chi connectivity index (χ3v) is 7.73. The molecule has 0 atom stereocenters. The van der Waals surface area contributed by atoms with Gasteiger partial charge in [0, 0.05) is 41.5 Å². The van der Waals surface area contributed by atoms with Crippen LogP contribution in [0.15, 0.2) is 26.1 Å². The Hall–Kier alpha value is -1.16. The number of nitrogens with zero attached hydrogens (tertiary/aromatic N) is 2. The van der Waals surface area contributed by atoms with Crippen LogP contribution >= 0.6 is 27.3 Å². The van der Waals surface area contributed by atoms with Gasteiger partial charge in [-0.15, -0.1) is 11.3 Å². The Bertz CT molecular complexity index is 909. The van der Waals surface area contributed by atoms with Gasteiger partial charge in [-0.1, -0.05) is 0 Å². The molecule has 0 saturated carbocycles. The smallest absolute Gasteiger partial charge is 0.289 e. The van der Waals surface area contributed by atoms with Crippen LogP contribution in [0.1, 0.15) is 25.9 Å². The fourth-order valence-corrected chi connectivity index (χ4v) is 6.38. The van der Waals surface area contributed by atoms with E-state index in [2.05, 4.69) is 15.9 Å². The lowest BCUT2D eigenvalue weighted by atomic mass is 10.2. The Morgan fingerprint density at radius 2 is 1.80 bits per heavy atom. The van der Waals surface area contributed by atoms with Crippen LogP contribution < -0.4 is 0 Å². The summed E-state index contributed by atoms with van der Waals surface area (Å²) in [4.78, 5) is 16.3. The fraction of sp³-hybridized carbons (Fsp3) is 0.438. The first-order valence-corrected chi connectivity index (χ1v) is 10.9. The second-order valence-corrected chi connectivity index (χ2v) is 10.2. The van der Waals surface area contributed by atoms with Crippen molar-refractivity contribution in [2.75, 3.05) is 26.2 Å². The van der Waals surface area contributed by atoms with Crippen LogP contribution in [-0.4, -0.2) is 49.7 Å². The molecule has 0 radical (unpaired) electrons. The van der Waals surface area contributed by atoms with Crippen molar-refractivity contribution in [1.82, 2.24) is 9.21 Å². The van der Waals surface area contributed by atoms with Gasteiger partial charge < -0.3 is 9.32 Å². The predicted octanol–water partition coefficient (Wildman–Crippen LogP) is 3.18. The number of rotatable bonds is 3. The monoisotopic (exact) mass is 446 g/mol. The number of carbonyl (C=O) groups is 1. The van der Waals surface area contributed by atoms with E-state index in [0.29, 0.717) is 28.4 Å². The van der Waals surface area contributed by atoms with Crippen LogP contribution in [0.3, 0.4) is 0 Å². The first-order valence-electron chi connectivity index (χ1n) is 7.82. The van der Waals surface area contributed by atoms with Gasteiger partial charge in [-0.05, 0) is 48.8 Å². The second kappa shape index (κ2) is 6.86. The van der Waals surface area contributed by atoms with Crippen LogP contribution in [0.2, 0.25) is 0 Å². The molecule has 3 rings (SSSR count). The standard InChI is InChI=1S/C16H19BrN2O4S2/c1-10-8-14(17)23-15(10)16(20)18-4-6-19(7-5-18)25(21,22)13-9-11(2)24-12(13)3/h8-9H,4-7H2,1-3H3. The van der Waals surface area contributed by atoms with E-state index in [1.807, 2.05) is 20.8 Å². The molecule has 25 heavy (non-hydrogen) atoms. The number of halogens is 1. The highest BCUT2D eigenvalue weighted by Crippen LogP contribution is 2.28. The lowest BCUT2D eigenvalue weighted by molar-refractivity contribution is 0.0663. The minimum Gasteiger partial charge on any atom is -0.444 e.